The summed E-state index contributed by atoms with van der Waals surface area (Å²) in [4.78, 5) is 20.8. The highest BCUT2D eigenvalue weighted by atomic mass is 32.2. The Balaban J connectivity index is 1.22. The van der Waals surface area contributed by atoms with Crippen LogP contribution in [-0.4, -0.2) is 47.7 Å². The van der Waals surface area contributed by atoms with Crippen molar-refractivity contribution >= 4 is 29.0 Å². The molecule has 1 saturated heterocycles. The Morgan fingerprint density at radius 2 is 1.65 bits per heavy atom. The fourth-order valence-electron chi connectivity index (χ4n) is 3.73. The van der Waals surface area contributed by atoms with Gasteiger partial charge in [0.25, 0.3) is 0 Å². The smallest absolute Gasteiger partial charge is 0.369 e. The molecule has 2 aromatic carbocycles. The molecule has 0 bridgehead atoms. The molecule has 0 aliphatic carbocycles. The second-order valence-electron chi connectivity index (χ2n) is 8.02. The van der Waals surface area contributed by atoms with E-state index in [9.17, 15) is 18.0 Å². The quantitative estimate of drug-likeness (QED) is 0.468. The Hall–Kier alpha value is -3.04. The van der Waals surface area contributed by atoms with Crippen LogP contribution in [0.2, 0.25) is 0 Å². The van der Waals surface area contributed by atoms with Crippen LogP contribution in [0.25, 0.3) is 0 Å². The minimum atomic E-state index is -4.42. The maximum Gasteiger partial charge on any atom is 0.417 e. The van der Waals surface area contributed by atoms with E-state index in [1.165, 1.54) is 11.6 Å². The first-order valence-corrected chi connectivity index (χ1v) is 11.9. The number of alkyl halides is 3. The SMILES string of the molecule is O=C(CSc1ccc(C(F)(F)F)cn1)Nc1ccc(N2CCN(Cc3ccccc3)CC2)cc1. The summed E-state index contributed by atoms with van der Waals surface area (Å²) in [5.41, 5.74) is 2.31. The van der Waals surface area contributed by atoms with Crippen molar-refractivity contribution in [2.75, 3.05) is 42.1 Å². The summed E-state index contributed by atoms with van der Waals surface area (Å²) in [5.74, 6) is -0.183. The number of aromatic nitrogens is 1. The predicted molar refractivity (Wildman–Crippen MR) is 129 cm³/mol. The van der Waals surface area contributed by atoms with Crippen LogP contribution in [0.5, 0.6) is 0 Å². The van der Waals surface area contributed by atoms with Gasteiger partial charge in [-0.3, -0.25) is 9.69 Å². The van der Waals surface area contributed by atoms with E-state index in [2.05, 4.69) is 44.4 Å². The lowest BCUT2D eigenvalue weighted by atomic mass is 10.2. The van der Waals surface area contributed by atoms with Crippen LogP contribution in [-0.2, 0) is 17.5 Å². The summed E-state index contributed by atoms with van der Waals surface area (Å²) >= 11 is 1.09. The molecule has 1 N–H and O–H groups in total. The van der Waals surface area contributed by atoms with Crippen LogP contribution in [0.15, 0.2) is 78.0 Å². The third-order valence-corrected chi connectivity index (χ3v) is 6.50. The number of pyridine rings is 1. The lowest BCUT2D eigenvalue weighted by molar-refractivity contribution is -0.137. The average molecular weight is 487 g/mol. The molecule has 2 heterocycles. The van der Waals surface area contributed by atoms with Crippen molar-refractivity contribution in [3.8, 4) is 0 Å². The minimum Gasteiger partial charge on any atom is -0.369 e. The van der Waals surface area contributed by atoms with Gasteiger partial charge in [-0.2, -0.15) is 13.2 Å². The Labute approximate surface area is 201 Å². The molecule has 1 amide bonds. The number of rotatable bonds is 7. The second-order valence-corrected chi connectivity index (χ2v) is 9.01. The third kappa shape index (κ3) is 6.74. The lowest BCUT2D eigenvalue weighted by Gasteiger charge is -2.36. The number of nitrogens with zero attached hydrogens (tertiary/aromatic N) is 3. The van der Waals surface area contributed by atoms with Crippen LogP contribution in [0.4, 0.5) is 24.5 Å². The van der Waals surface area contributed by atoms with Crippen molar-refractivity contribution in [1.82, 2.24) is 9.88 Å². The number of nitrogens with one attached hydrogen (secondary N) is 1. The third-order valence-electron chi connectivity index (χ3n) is 5.55. The molecule has 0 unspecified atom stereocenters. The normalized spacial score (nSPS) is 14.7. The summed E-state index contributed by atoms with van der Waals surface area (Å²) in [6, 6.07) is 20.4. The summed E-state index contributed by atoms with van der Waals surface area (Å²) in [6.07, 6.45) is -3.64. The van der Waals surface area contributed by atoms with Gasteiger partial charge in [-0.1, -0.05) is 42.1 Å². The van der Waals surface area contributed by atoms with Gasteiger partial charge in [-0.05, 0) is 42.0 Å². The summed E-state index contributed by atoms with van der Waals surface area (Å²) in [6.45, 7) is 4.81. The van der Waals surface area contributed by atoms with Gasteiger partial charge in [0.1, 0.15) is 0 Å². The number of hydrogen-bond donors (Lipinski definition) is 1. The topological polar surface area (TPSA) is 48.5 Å². The second kappa shape index (κ2) is 10.9. The molecule has 9 heteroatoms. The Morgan fingerprint density at radius 3 is 2.26 bits per heavy atom. The molecule has 34 heavy (non-hydrogen) atoms. The van der Waals surface area contributed by atoms with Crippen molar-refractivity contribution in [2.45, 2.75) is 17.7 Å². The van der Waals surface area contributed by atoms with E-state index >= 15 is 0 Å². The largest absolute Gasteiger partial charge is 0.417 e. The molecule has 1 fully saturated rings. The zero-order valence-corrected chi connectivity index (χ0v) is 19.3. The Kier molecular flexibility index (Phi) is 7.74. The van der Waals surface area contributed by atoms with Crippen molar-refractivity contribution in [2.24, 2.45) is 0 Å². The van der Waals surface area contributed by atoms with Crippen LogP contribution in [0.1, 0.15) is 11.1 Å². The number of hydrogen-bond acceptors (Lipinski definition) is 5. The zero-order valence-electron chi connectivity index (χ0n) is 18.5. The Bertz CT molecular complexity index is 1070. The fraction of sp³-hybridized carbons (Fsp3) is 0.280. The van der Waals surface area contributed by atoms with Crippen molar-refractivity contribution in [3.63, 3.8) is 0 Å². The molecule has 3 aromatic rings. The standard InChI is InChI=1S/C25H25F3N4OS/c26-25(27,28)20-6-11-24(29-16-20)34-18-23(33)30-21-7-9-22(10-8-21)32-14-12-31(13-15-32)17-19-4-2-1-3-5-19/h1-11,16H,12-15,17-18H2,(H,30,33). The number of piperazine rings is 1. The number of benzene rings is 2. The molecule has 1 aromatic heterocycles. The lowest BCUT2D eigenvalue weighted by Crippen LogP contribution is -2.45. The summed E-state index contributed by atoms with van der Waals surface area (Å²) in [7, 11) is 0. The molecule has 0 atom stereocenters. The number of carbonyl (C=O) groups is 1. The van der Waals surface area contributed by atoms with E-state index in [4.69, 9.17) is 0 Å². The van der Waals surface area contributed by atoms with Crippen molar-refractivity contribution in [1.29, 1.82) is 0 Å². The van der Waals surface area contributed by atoms with Crippen LogP contribution < -0.4 is 10.2 Å². The molecule has 1 aliphatic rings. The van der Waals surface area contributed by atoms with Gasteiger partial charge in [0.2, 0.25) is 5.91 Å². The van der Waals surface area contributed by atoms with Crippen molar-refractivity contribution in [3.05, 3.63) is 84.1 Å². The van der Waals surface area contributed by atoms with Crippen LogP contribution in [0, 0.1) is 0 Å². The van der Waals surface area contributed by atoms with Gasteiger partial charge in [0, 0.05) is 50.3 Å². The number of halogens is 3. The first kappa shape index (κ1) is 24.1. The van der Waals surface area contributed by atoms with Gasteiger partial charge in [-0.15, -0.1) is 0 Å². The van der Waals surface area contributed by atoms with Gasteiger partial charge in [-0.25, -0.2) is 4.98 Å². The van der Waals surface area contributed by atoms with E-state index < -0.39 is 11.7 Å². The highest BCUT2D eigenvalue weighted by molar-refractivity contribution is 7.99. The van der Waals surface area contributed by atoms with E-state index in [0.717, 1.165) is 62.4 Å². The minimum absolute atomic E-state index is 0.0590. The predicted octanol–water partition coefficient (Wildman–Crippen LogP) is 5.15. The van der Waals surface area contributed by atoms with Gasteiger partial charge < -0.3 is 10.2 Å². The highest BCUT2D eigenvalue weighted by Crippen LogP contribution is 2.29. The molecule has 0 spiro atoms. The molecule has 5 nitrogen and oxygen atoms in total. The van der Waals surface area contributed by atoms with E-state index in [-0.39, 0.29) is 11.7 Å². The summed E-state index contributed by atoms with van der Waals surface area (Å²) < 4.78 is 37.8. The van der Waals surface area contributed by atoms with Gasteiger partial charge >= 0.3 is 6.18 Å². The average Bonchev–Trinajstić information content (AvgIpc) is 2.84. The molecule has 0 radical (unpaired) electrons. The number of amides is 1. The van der Waals surface area contributed by atoms with Crippen molar-refractivity contribution < 1.29 is 18.0 Å². The number of anilines is 2. The van der Waals surface area contributed by atoms with E-state index in [0.29, 0.717) is 10.7 Å². The molecule has 0 saturated carbocycles. The summed E-state index contributed by atoms with van der Waals surface area (Å²) in [5, 5.41) is 3.18. The van der Waals surface area contributed by atoms with Gasteiger partial charge in [0.15, 0.2) is 0 Å². The first-order valence-electron chi connectivity index (χ1n) is 10.9. The Morgan fingerprint density at radius 1 is 0.941 bits per heavy atom. The monoisotopic (exact) mass is 486 g/mol. The highest BCUT2D eigenvalue weighted by Gasteiger charge is 2.30. The molecular formula is C25H25F3N4OS. The number of carbonyl (C=O) groups excluding carboxylic acids is 1. The molecule has 178 valence electrons. The zero-order chi connectivity index (χ0) is 24.0. The maximum absolute atomic E-state index is 12.6. The van der Waals surface area contributed by atoms with E-state index in [1.807, 2.05) is 30.3 Å². The molecule has 4 rings (SSSR count). The maximum atomic E-state index is 12.6. The van der Waals surface area contributed by atoms with Gasteiger partial charge in [0.05, 0.1) is 16.3 Å². The van der Waals surface area contributed by atoms with E-state index in [1.54, 1.807) is 0 Å². The van der Waals surface area contributed by atoms with Crippen LogP contribution in [0.3, 0.4) is 0 Å². The first-order chi connectivity index (χ1) is 16.4. The van der Waals surface area contributed by atoms with Crippen LogP contribution >= 0.6 is 11.8 Å². The number of thioether (sulfide) groups is 1. The molecule has 1 aliphatic heterocycles. The molecular weight excluding hydrogens is 461 g/mol. The fourth-order valence-corrected chi connectivity index (χ4v) is 4.37.